The average Bonchev–Trinajstić information content (AvgIpc) is 3.05. The molecule has 3 rings (SSSR count). The third-order valence-electron chi connectivity index (χ3n) is 3.47. The molecule has 6 nitrogen and oxygen atoms in total. The molecule has 108 valence electrons. The zero-order chi connectivity index (χ0) is 14.8. The summed E-state index contributed by atoms with van der Waals surface area (Å²) in [5.74, 6) is 7.14. The van der Waals surface area contributed by atoms with Gasteiger partial charge in [-0.1, -0.05) is 42.0 Å². The van der Waals surface area contributed by atoms with Gasteiger partial charge in [0.1, 0.15) is 0 Å². The smallest absolute Gasteiger partial charge is 0.267 e. The lowest BCUT2D eigenvalue weighted by molar-refractivity contribution is 0.738. The van der Waals surface area contributed by atoms with Crippen LogP contribution in [0.2, 0.25) is 0 Å². The van der Waals surface area contributed by atoms with Crippen molar-refractivity contribution in [1.29, 1.82) is 0 Å². The zero-order valence-corrected chi connectivity index (χ0v) is 12.1. The molecule has 2 aromatic rings. The van der Waals surface area contributed by atoms with Gasteiger partial charge in [-0.25, -0.2) is 9.69 Å². The number of aromatic nitrogens is 3. The number of nitrogens with zero attached hydrogens (tertiary/aromatic N) is 5. The average molecular weight is 282 g/mol. The molecule has 0 bridgehead atoms. The number of rotatable bonds is 3. The molecule has 1 aliphatic rings. The van der Waals surface area contributed by atoms with Gasteiger partial charge in [-0.15, -0.1) is 10.2 Å². The summed E-state index contributed by atoms with van der Waals surface area (Å²) < 4.78 is 1.45. The summed E-state index contributed by atoms with van der Waals surface area (Å²) in [7, 11) is 0. The Labute approximate surface area is 123 Å². The quantitative estimate of drug-likeness (QED) is 0.873. The molecular formula is C15H18N6. The van der Waals surface area contributed by atoms with Crippen LogP contribution in [0.4, 0.5) is 5.95 Å². The molecule has 0 aliphatic carbocycles. The molecular weight excluding hydrogens is 264 g/mol. The van der Waals surface area contributed by atoms with Gasteiger partial charge in [-0.2, -0.15) is 5.10 Å². The highest BCUT2D eigenvalue weighted by Crippen LogP contribution is 2.21. The molecule has 1 unspecified atom stereocenters. The maximum atomic E-state index is 5.92. The molecule has 0 amide bonds. The Kier molecular flexibility index (Phi) is 3.43. The highest BCUT2D eigenvalue weighted by atomic mass is 15.6. The van der Waals surface area contributed by atoms with Crippen molar-refractivity contribution in [3.05, 3.63) is 47.3 Å². The maximum absolute atomic E-state index is 5.92. The van der Waals surface area contributed by atoms with Crippen LogP contribution in [0.1, 0.15) is 23.4 Å². The van der Waals surface area contributed by atoms with Gasteiger partial charge < -0.3 is 5.84 Å². The number of hydrazone groups is 1. The van der Waals surface area contributed by atoms with Crippen molar-refractivity contribution in [3.63, 3.8) is 0 Å². The van der Waals surface area contributed by atoms with Crippen molar-refractivity contribution in [2.24, 2.45) is 5.10 Å². The molecule has 21 heavy (non-hydrogen) atoms. The monoisotopic (exact) mass is 282 g/mol. The van der Waals surface area contributed by atoms with Crippen LogP contribution in [0.3, 0.4) is 0 Å². The zero-order valence-electron chi connectivity index (χ0n) is 12.1. The predicted molar refractivity (Wildman–Crippen MR) is 84.5 cm³/mol. The number of nitrogen functional groups attached to an aromatic ring is 1. The van der Waals surface area contributed by atoms with Crippen LogP contribution < -0.4 is 10.9 Å². The topological polar surface area (TPSA) is 72.3 Å². The van der Waals surface area contributed by atoms with Crippen LogP contribution >= 0.6 is 0 Å². The molecule has 1 aliphatic heterocycles. The van der Waals surface area contributed by atoms with E-state index in [2.05, 4.69) is 58.6 Å². The van der Waals surface area contributed by atoms with E-state index >= 15 is 0 Å². The Morgan fingerprint density at radius 1 is 1.29 bits per heavy atom. The Bertz CT molecular complexity index is 700. The second kappa shape index (κ2) is 5.40. The summed E-state index contributed by atoms with van der Waals surface area (Å²) in [6.45, 7) is 3.90. The van der Waals surface area contributed by atoms with Crippen LogP contribution in [0.25, 0.3) is 6.08 Å². The predicted octanol–water partition coefficient (Wildman–Crippen LogP) is 1.89. The van der Waals surface area contributed by atoms with Crippen molar-refractivity contribution < 1.29 is 0 Å². The molecule has 2 N–H and O–H groups in total. The summed E-state index contributed by atoms with van der Waals surface area (Å²) in [6.07, 6.45) is 6.92. The summed E-state index contributed by atoms with van der Waals surface area (Å²) in [5.41, 5.74) is 2.42. The van der Waals surface area contributed by atoms with Crippen LogP contribution in [-0.2, 0) is 0 Å². The molecule has 6 heteroatoms. The SMILES string of the molecule is Cc1cccc(/C=C/C2CC=NN2c2nnc(C)n2N)c1. The molecule has 0 radical (unpaired) electrons. The van der Waals surface area contributed by atoms with Crippen LogP contribution in [0.5, 0.6) is 0 Å². The largest absolute Gasteiger partial charge is 0.335 e. The molecule has 1 atom stereocenters. The van der Waals surface area contributed by atoms with Crippen LogP contribution in [-0.4, -0.2) is 27.1 Å². The number of nitrogens with two attached hydrogens (primary N) is 1. The fraction of sp³-hybridized carbons (Fsp3) is 0.267. The highest BCUT2D eigenvalue weighted by Gasteiger charge is 2.24. The van der Waals surface area contributed by atoms with E-state index in [1.54, 1.807) is 5.01 Å². The van der Waals surface area contributed by atoms with Gasteiger partial charge in [0.15, 0.2) is 5.82 Å². The molecule has 0 saturated carbocycles. The minimum Gasteiger partial charge on any atom is -0.335 e. The van der Waals surface area contributed by atoms with Gasteiger partial charge >= 0.3 is 0 Å². The number of aryl methyl sites for hydroxylation is 2. The Morgan fingerprint density at radius 2 is 2.14 bits per heavy atom. The lowest BCUT2D eigenvalue weighted by Crippen LogP contribution is -2.29. The standard InChI is InChI=1S/C15H18N6/c1-11-4-3-5-13(10-11)6-7-14-8-9-17-21(14)15-19-18-12(2)20(15)16/h3-7,9-10,14H,8,16H2,1-2H3/b7-6+. The minimum absolute atomic E-state index is 0.108. The van der Waals surface area contributed by atoms with Crippen molar-refractivity contribution in [2.45, 2.75) is 26.3 Å². The van der Waals surface area contributed by atoms with Crippen molar-refractivity contribution in [2.75, 3.05) is 10.9 Å². The summed E-state index contributed by atoms with van der Waals surface area (Å²) >= 11 is 0. The Balaban J connectivity index is 1.81. The summed E-state index contributed by atoms with van der Waals surface area (Å²) in [5, 5.41) is 14.2. The first-order valence-electron chi connectivity index (χ1n) is 6.89. The second-order valence-electron chi connectivity index (χ2n) is 5.14. The summed E-state index contributed by atoms with van der Waals surface area (Å²) in [4.78, 5) is 0. The lowest BCUT2D eigenvalue weighted by atomic mass is 10.1. The van der Waals surface area contributed by atoms with Crippen LogP contribution in [0.15, 0.2) is 35.4 Å². The van der Waals surface area contributed by atoms with Crippen molar-refractivity contribution >= 4 is 18.2 Å². The number of benzene rings is 1. The van der Waals surface area contributed by atoms with E-state index in [9.17, 15) is 0 Å². The lowest BCUT2D eigenvalue weighted by Gasteiger charge is -2.19. The third-order valence-corrected chi connectivity index (χ3v) is 3.47. The first kappa shape index (κ1) is 13.4. The Morgan fingerprint density at radius 3 is 2.86 bits per heavy atom. The Hall–Kier alpha value is -2.63. The van der Waals surface area contributed by atoms with Gasteiger partial charge in [-0.3, -0.25) is 0 Å². The van der Waals surface area contributed by atoms with E-state index < -0.39 is 0 Å². The first-order valence-corrected chi connectivity index (χ1v) is 6.89. The fourth-order valence-electron chi connectivity index (χ4n) is 2.30. The number of anilines is 1. The van der Waals surface area contributed by atoms with E-state index in [-0.39, 0.29) is 6.04 Å². The molecule has 0 fully saturated rings. The molecule has 1 aromatic heterocycles. The van der Waals surface area contributed by atoms with E-state index in [0.717, 1.165) is 6.42 Å². The van der Waals surface area contributed by atoms with E-state index in [4.69, 9.17) is 5.84 Å². The van der Waals surface area contributed by atoms with Gasteiger partial charge in [-0.05, 0) is 19.4 Å². The number of hydrogen-bond acceptors (Lipinski definition) is 5. The van der Waals surface area contributed by atoms with Crippen molar-refractivity contribution in [3.8, 4) is 0 Å². The maximum Gasteiger partial charge on any atom is 0.267 e. The molecule has 0 saturated heterocycles. The molecule has 0 spiro atoms. The van der Waals surface area contributed by atoms with E-state index in [0.29, 0.717) is 11.8 Å². The molecule has 2 heterocycles. The van der Waals surface area contributed by atoms with Gasteiger partial charge in [0.2, 0.25) is 0 Å². The third kappa shape index (κ3) is 2.65. The second-order valence-corrected chi connectivity index (χ2v) is 5.14. The normalized spacial score (nSPS) is 18.0. The van der Waals surface area contributed by atoms with Gasteiger partial charge in [0.25, 0.3) is 5.95 Å². The van der Waals surface area contributed by atoms with Crippen molar-refractivity contribution in [1.82, 2.24) is 14.9 Å². The molecule has 1 aromatic carbocycles. The minimum atomic E-state index is 0.108. The van der Waals surface area contributed by atoms with Gasteiger partial charge in [0.05, 0.1) is 6.04 Å². The highest BCUT2D eigenvalue weighted by molar-refractivity contribution is 5.67. The van der Waals surface area contributed by atoms with E-state index in [1.165, 1.54) is 15.8 Å². The number of hydrogen-bond donors (Lipinski definition) is 1. The first-order chi connectivity index (χ1) is 10.1. The summed E-state index contributed by atoms with van der Waals surface area (Å²) in [6, 6.07) is 8.47. The van der Waals surface area contributed by atoms with Gasteiger partial charge in [0, 0.05) is 12.6 Å². The van der Waals surface area contributed by atoms with Crippen LogP contribution in [0, 0.1) is 13.8 Å². The van der Waals surface area contributed by atoms with E-state index in [1.807, 2.05) is 13.1 Å². The fourth-order valence-corrected chi connectivity index (χ4v) is 2.30.